The number of aromatic nitrogens is 3. The van der Waals surface area contributed by atoms with E-state index in [1.54, 1.807) is 29.9 Å². The van der Waals surface area contributed by atoms with E-state index in [0.717, 1.165) is 10.7 Å². The summed E-state index contributed by atoms with van der Waals surface area (Å²) in [6.45, 7) is 3.86. The second-order valence-corrected chi connectivity index (χ2v) is 4.88. The maximum absolute atomic E-state index is 11.8. The molecule has 2 aromatic rings. The third-order valence-corrected chi connectivity index (χ3v) is 3.49. The van der Waals surface area contributed by atoms with Crippen molar-refractivity contribution in [3.8, 4) is 0 Å². The highest BCUT2D eigenvalue weighted by Gasteiger charge is 2.13. The summed E-state index contributed by atoms with van der Waals surface area (Å²) in [7, 11) is 0. The Kier molecular flexibility index (Phi) is 3.99. The molecule has 0 unspecified atom stereocenters. The number of nitrogens with zero attached hydrogens (tertiary/aromatic N) is 3. The molecule has 2 heterocycles. The first kappa shape index (κ1) is 12.6. The Morgan fingerprint density at radius 1 is 1.50 bits per heavy atom. The molecule has 2 aromatic heterocycles. The number of hydrogen-bond donors (Lipinski definition) is 1. The molecule has 1 N–H and O–H groups in total. The van der Waals surface area contributed by atoms with Crippen molar-refractivity contribution in [2.24, 2.45) is 0 Å². The van der Waals surface area contributed by atoms with Crippen LogP contribution in [0.3, 0.4) is 0 Å². The fourth-order valence-corrected chi connectivity index (χ4v) is 2.31. The largest absolute Gasteiger partial charge is 0.347 e. The van der Waals surface area contributed by atoms with Crippen LogP contribution >= 0.6 is 11.3 Å². The van der Waals surface area contributed by atoms with Crippen LogP contribution in [0.25, 0.3) is 0 Å². The van der Waals surface area contributed by atoms with Gasteiger partial charge in [0.05, 0.1) is 18.2 Å². The molecule has 0 bridgehead atoms. The first-order valence-electron chi connectivity index (χ1n) is 5.61. The summed E-state index contributed by atoms with van der Waals surface area (Å²) in [5, 5.41) is 5.79. The van der Waals surface area contributed by atoms with Crippen LogP contribution in [0.2, 0.25) is 0 Å². The fourth-order valence-electron chi connectivity index (χ4n) is 1.51. The van der Waals surface area contributed by atoms with Gasteiger partial charge in [0, 0.05) is 29.7 Å². The number of nitrogens with one attached hydrogen (secondary N) is 1. The summed E-state index contributed by atoms with van der Waals surface area (Å²) in [4.78, 5) is 24.1. The number of hydrogen-bond acceptors (Lipinski definition) is 5. The number of amides is 1. The molecule has 2 rings (SSSR count). The van der Waals surface area contributed by atoms with E-state index in [4.69, 9.17) is 0 Å². The lowest BCUT2D eigenvalue weighted by atomic mass is 10.2. The SMILES string of the molecule is Cc1csc([C@H](C)NC(=O)Cc2cnccn2)n1. The predicted molar refractivity (Wildman–Crippen MR) is 69.1 cm³/mol. The average molecular weight is 262 g/mol. The number of carbonyl (C=O) groups excluding carboxylic acids is 1. The molecule has 18 heavy (non-hydrogen) atoms. The van der Waals surface area contributed by atoms with Gasteiger partial charge in [-0.15, -0.1) is 11.3 Å². The van der Waals surface area contributed by atoms with Gasteiger partial charge >= 0.3 is 0 Å². The zero-order chi connectivity index (χ0) is 13.0. The molecule has 0 saturated heterocycles. The molecule has 0 aromatic carbocycles. The van der Waals surface area contributed by atoms with Crippen molar-refractivity contribution in [1.82, 2.24) is 20.3 Å². The van der Waals surface area contributed by atoms with Crippen molar-refractivity contribution >= 4 is 17.2 Å². The first-order chi connectivity index (χ1) is 8.65. The second kappa shape index (κ2) is 5.68. The maximum Gasteiger partial charge on any atom is 0.226 e. The summed E-state index contributed by atoms with van der Waals surface area (Å²) in [6, 6.07) is -0.0760. The quantitative estimate of drug-likeness (QED) is 0.910. The normalized spacial score (nSPS) is 12.1. The zero-order valence-electron chi connectivity index (χ0n) is 10.3. The van der Waals surface area contributed by atoms with E-state index in [0.29, 0.717) is 5.69 Å². The van der Waals surface area contributed by atoms with Gasteiger partial charge in [0.2, 0.25) is 5.91 Å². The summed E-state index contributed by atoms with van der Waals surface area (Å²) in [5.74, 6) is -0.0733. The molecule has 0 aliphatic heterocycles. The molecule has 6 heteroatoms. The van der Waals surface area contributed by atoms with Crippen LogP contribution in [0.15, 0.2) is 24.0 Å². The summed E-state index contributed by atoms with van der Waals surface area (Å²) >= 11 is 1.55. The van der Waals surface area contributed by atoms with Crippen LogP contribution in [0, 0.1) is 6.92 Å². The second-order valence-electron chi connectivity index (χ2n) is 3.99. The van der Waals surface area contributed by atoms with Crippen LogP contribution in [-0.4, -0.2) is 20.9 Å². The number of carbonyl (C=O) groups is 1. The monoisotopic (exact) mass is 262 g/mol. The molecule has 0 radical (unpaired) electrons. The fraction of sp³-hybridized carbons (Fsp3) is 0.333. The summed E-state index contributed by atoms with van der Waals surface area (Å²) < 4.78 is 0. The lowest BCUT2D eigenvalue weighted by molar-refractivity contribution is -0.121. The lowest BCUT2D eigenvalue weighted by Gasteiger charge is -2.10. The van der Waals surface area contributed by atoms with E-state index >= 15 is 0 Å². The van der Waals surface area contributed by atoms with Crippen LogP contribution in [-0.2, 0) is 11.2 Å². The standard InChI is InChI=1S/C12H14N4OS/c1-8-7-18-12(15-8)9(2)16-11(17)5-10-6-13-3-4-14-10/h3-4,6-7,9H,5H2,1-2H3,(H,16,17)/t9-/m0/s1. The number of rotatable bonds is 4. The minimum Gasteiger partial charge on any atom is -0.347 e. The van der Waals surface area contributed by atoms with Gasteiger partial charge < -0.3 is 5.32 Å². The smallest absolute Gasteiger partial charge is 0.226 e. The highest BCUT2D eigenvalue weighted by atomic mass is 32.1. The highest BCUT2D eigenvalue weighted by Crippen LogP contribution is 2.17. The molecule has 0 spiro atoms. The average Bonchev–Trinajstić information content (AvgIpc) is 2.77. The number of thiazole rings is 1. The maximum atomic E-state index is 11.8. The minimum atomic E-state index is -0.0760. The molecule has 0 aliphatic rings. The van der Waals surface area contributed by atoms with Crippen molar-refractivity contribution in [3.05, 3.63) is 40.4 Å². The minimum absolute atomic E-state index is 0.0733. The molecular formula is C12H14N4OS. The molecule has 94 valence electrons. The van der Waals surface area contributed by atoms with Gasteiger partial charge in [-0.1, -0.05) is 0 Å². The van der Waals surface area contributed by atoms with E-state index in [9.17, 15) is 4.79 Å². The van der Waals surface area contributed by atoms with E-state index in [2.05, 4.69) is 20.3 Å². The van der Waals surface area contributed by atoms with Crippen LogP contribution in [0.1, 0.15) is 29.4 Å². The Hall–Kier alpha value is -1.82. The molecule has 0 saturated carbocycles. The van der Waals surface area contributed by atoms with Crippen molar-refractivity contribution in [3.63, 3.8) is 0 Å². The van der Waals surface area contributed by atoms with E-state index in [-0.39, 0.29) is 18.4 Å². The van der Waals surface area contributed by atoms with Crippen LogP contribution < -0.4 is 5.32 Å². The highest BCUT2D eigenvalue weighted by molar-refractivity contribution is 7.09. The van der Waals surface area contributed by atoms with Gasteiger partial charge in [0.15, 0.2) is 0 Å². The Labute approximate surface area is 109 Å². The van der Waals surface area contributed by atoms with Gasteiger partial charge in [-0.3, -0.25) is 14.8 Å². The third-order valence-electron chi connectivity index (χ3n) is 2.34. The van der Waals surface area contributed by atoms with Crippen LogP contribution in [0.4, 0.5) is 0 Å². The van der Waals surface area contributed by atoms with Crippen molar-refractivity contribution in [2.45, 2.75) is 26.3 Å². The van der Waals surface area contributed by atoms with Gasteiger partial charge in [0.1, 0.15) is 5.01 Å². The molecule has 0 fully saturated rings. The molecule has 0 aliphatic carbocycles. The van der Waals surface area contributed by atoms with E-state index < -0.39 is 0 Å². The molecular weight excluding hydrogens is 248 g/mol. The molecule has 1 amide bonds. The van der Waals surface area contributed by atoms with Crippen molar-refractivity contribution in [1.29, 1.82) is 0 Å². The van der Waals surface area contributed by atoms with Gasteiger partial charge in [-0.05, 0) is 13.8 Å². The van der Waals surface area contributed by atoms with Gasteiger partial charge in [-0.25, -0.2) is 4.98 Å². The topological polar surface area (TPSA) is 67.8 Å². The molecule has 1 atom stereocenters. The molecule has 5 nitrogen and oxygen atoms in total. The first-order valence-corrected chi connectivity index (χ1v) is 6.49. The predicted octanol–water partition coefficient (Wildman–Crippen LogP) is 1.66. The third kappa shape index (κ3) is 3.33. The Morgan fingerprint density at radius 2 is 2.33 bits per heavy atom. The van der Waals surface area contributed by atoms with Gasteiger partial charge in [0.25, 0.3) is 0 Å². The summed E-state index contributed by atoms with van der Waals surface area (Å²) in [5.41, 5.74) is 1.64. The lowest BCUT2D eigenvalue weighted by Crippen LogP contribution is -2.28. The zero-order valence-corrected chi connectivity index (χ0v) is 11.1. The van der Waals surface area contributed by atoms with E-state index in [1.807, 2.05) is 19.2 Å². The van der Waals surface area contributed by atoms with E-state index in [1.165, 1.54) is 0 Å². The Balaban J connectivity index is 1.92. The Bertz CT molecular complexity index is 526. The van der Waals surface area contributed by atoms with Crippen molar-refractivity contribution < 1.29 is 4.79 Å². The number of aryl methyl sites for hydroxylation is 1. The summed E-state index contributed by atoms with van der Waals surface area (Å²) in [6.07, 6.45) is 5.00. The van der Waals surface area contributed by atoms with Gasteiger partial charge in [-0.2, -0.15) is 0 Å². The Morgan fingerprint density at radius 3 is 2.94 bits per heavy atom. The van der Waals surface area contributed by atoms with Crippen LogP contribution in [0.5, 0.6) is 0 Å². The van der Waals surface area contributed by atoms with Crippen molar-refractivity contribution in [2.75, 3.05) is 0 Å².